The first kappa shape index (κ1) is 16.5. The first-order valence-electron chi connectivity index (χ1n) is 7.50. The number of para-hydroxylation sites is 1. The van der Waals surface area contributed by atoms with Crippen LogP contribution in [0.3, 0.4) is 0 Å². The topological polar surface area (TPSA) is 67.4 Å². The minimum Gasteiger partial charge on any atom is -0.410 e. The maximum absolute atomic E-state index is 11.9. The third kappa shape index (κ3) is 5.82. The largest absolute Gasteiger partial charge is 0.412 e. The Bertz CT molecular complexity index is 629. The van der Waals surface area contributed by atoms with E-state index in [-0.39, 0.29) is 24.9 Å². The molecule has 23 heavy (non-hydrogen) atoms. The van der Waals surface area contributed by atoms with Gasteiger partial charge in [-0.2, -0.15) is 0 Å². The van der Waals surface area contributed by atoms with Crippen molar-refractivity contribution in [2.45, 2.75) is 19.4 Å². The van der Waals surface area contributed by atoms with E-state index in [2.05, 4.69) is 10.6 Å². The van der Waals surface area contributed by atoms with Gasteiger partial charge in [-0.15, -0.1) is 0 Å². The van der Waals surface area contributed by atoms with Crippen molar-refractivity contribution < 1.29 is 14.3 Å². The van der Waals surface area contributed by atoms with Gasteiger partial charge in [-0.25, -0.2) is 4.79 Å². The van der Waals surface area contributed by atoms with Gasteiger partial charge in [0.15, 0.2) is 0 Å². The number of hydrogen-bond acceptors (Lipinski definition) is 3. The molecule has 0 aliphatic carbocycles. The fourth-order valence-corrected chi connectivity index (χ4v) is 2.05. The van der Waals surface area contributed by atoms with Crippen molar-refractivity contribution in [3.63, 3.8) is 0 Å². The molecule has 1 atom stereocenters. The molecule has 0 fully saturated rings. The van der Waals surface area contributed by atoms with Gasteiger partial charge in [-0.05, 0) is 24.6 Å². The summed E-state index contributed by atoms with van der Waals surface area (Å²) in [6, 6.07) is 18.4. The third-order valence-electron chi connectivity index (χ3n) is 3.25. The van der Waals surface area contributed by atoms with Gasteiger partial charge < -0.3 is 15.4 Å². The van der Waals surface area contributed by atoms with Crippen LogP contribution >= 0.6 is 0 Å². The van der Waals surface area contributed by atoms with Crippen molar-refractivity contribution in [1.29, 1.82) is 0 Å². The molecule has 2 aromatic carbocycles. The fourth-order valence-electron chi connectivity index (χ4n) is 2.05. The number of amides is 2. The SMILES string of the molecule is C[C@H](NC(=O)CCNC(=O)Oc1ccccc1)c1ccccc1. The van der Waals surface area contributed by atoms with E-state index in [4.69, 9.17) is 4.74 Å². The van der Waals surface area contributed by atoms with Gasteiger partial charge >= 0.3 is 6.09 Å². The first-order chi connectivity index (χ1) is 11.1. The van der Waals surface area contributed by atoms with Crippen molar-refractivity contribution in [3.8, 4) is 5.75 Å². The molecular formula is C18H20N2O3. The van der Waals surface area contributed by atoms with Crippen molar-refractivity contribution in [2.24, 2.45) is 0 Å². The van der Waals surface area contributed by atoms with Gasteiger partial charge in [-0.1, -0.05) is 48.5 Å². The lowest BCUT2D eigenvalue weighted by atomic mass is 10.1. The summed E-state index contributed by atoms with van der Waals surface area (Å²) in [5, 5.41) is 5.44. The van der Waals surface area contributed by atoms with E-state index < -0.39 is 6.09 Å². The Balaban J connectivity index is 1.67. The van der Waals surface area contributed by atoms with Gasteiger partial charge in [0.05, 0.1) is 6.04 Å². The van der Waals surface area contributed by atoms with E-state index in [9.17, 15) is 9.59 Å². The molecule has 2 amide bonds. The van der Waals surface area contributed by atoms with Crippen LogP contribution in [0.2, 0.25) is 0 Å². The Kier molecular flexibility index (Phi) is 6.17. The van der Waals surface area contributed by atoms with Gasteiger partial charge in [-0.3, -0.25) is 4.79 Å². The smallest absolute Gasteiger partial charge is 0.410 e. The molecule has 0 saturated carbocycles. The highest BCUT2D eigenvalue weighted by molar-refractivity contribution is 5.77. The fraction of sp³-hybridized carbons (Fsp3) is 0.222. The maximum atomic E-state index is 11.9. The number of benzene rings is 2. The summed E-state index contributed by atoms with van der Waals surface area (Å²) in [7, 11) is 0. The average molecular weight is 312 g/mol. The lowest BCUT2D eigenvalue weighted by Crippen LogP contribution is -2.33. The Hall–Kier alpha value is -2.82. The standard InChI is InChI=1S/C18H20N2O3/c1-14(15-8-4-2-5-9-15)20-17(21)12-13-19-18(22)23-16-10-6-3-7-11-16/h2-11,14H,12-13H2,1H3,(H,19,22)(H,20,21)/t14-/m0/s1. The highest BCUT2D eigenvalue weighted by Crippen LogP contribution is 2.11. The van der Waals surface area contributed by atoms with Crippen molar-refractivity contribution in [3.05, 3.63) is 66.2 Å². The van der Waals surface area contributed by atoms with Gasteiger partial charge in [0, 0.05) is 13.0 Å². The molecule has 2 aromatic rings. The van der Waals surface area contributed by atoms with E-state index in [1.54, 1.807) is 24.3 Å². The lowest BCUT2D eigenvalue weighted by Gasteiger charge is -2.14. The van der Waals surface area contributed by atoms with Gasteiger partial charge in [0.2, 0.25) is 5.91 Å². The highest BCUT2D eigenvalue weighted by Gasteiger charge is 2.10. The molecule has 0 aromatic heterocycles. The molecule has 0 spiro atoms. The summed E-state index contributed by atoms with van der Waals surface area (Å²) in [5.41, 5.74) is 1.04. The Morgan fingerprint density at radius 3 is 2.26 bits per heavy atom. The second kappa shape index (κ2) is 8.58. The van der Waals surface area contributed by atoms with E-state index in [0.29, 0.717) is 5.75 Å². The van der Waals surface area contributed by atoms with Crippen LogP contribution in [0.5, 0.6) is 5.75 Å². The molecule has 5 heteroatoms. The van der Waals surface area contributed by atoms with Crippen molar-refractivity contribution in [2.75, 3.05) is 6.54 Å². The van der Waals surface area contributed by atoms with Crippen LogP contribution in [-0.2, 0) is 4.79 Å². The van der Waals surface area contributed by atoms with Crippen LogP contribution in [0.25, 0.3) is 0 Å². The molecule has 120 valence electrons. The zero-order valence-corrected chi connectivity index (χ0v) is 13.0. The molecule has 0 heterocycles. The van der Waals surface area contributed by atoms with Crippen LogP contribution in [0.1, 0.15) is 24.9 Å². The molecule has 0 aliphatic rings. The van der Waals surface area contributed by atoms with E-state index in [0.717, 1.165) is 5.56 Å². The van der Waals surface area contributed by atoms with Crippen molar-refractivity contribution >= 4 is 12.0 Å². The van der Waals surface area contributed by atoms with Gasteiger partial charge in [0.25, 0.3) is 0 Å². The molecule has 0 aliphatic heterocycles. The molecule has 0 radical (unpaired) electrons. The maximum Gasteiger partial charge on any atom is 0.412 e. The lowest BCUT2D eigenvalue weighted by molar-refractivity contribution is -0.121. The zero-order chi connectivity index (χ0) is 16.5. The Labute approximate surface area is 135 Å². The number of carbonyl (C=O) groups is 2. The van der Waals surface area contributed by atoms with Crippen LogP contribution in [0.4, 0.5) is 4.79 Å². The summed E-state index contributed by atoms with van der Waals surface area (Å²) in [4.78, 5) is 23.4. The summed E-state index contributed by atoms with van der Waals surface area (Å²) in [6.07, 6.45) is -0.374. The summed E-state index contributed by atoms with van der Waals surface area (Å²) >= 11 is 0. The number of nitrogens with one attached hydrogen (secondary N) is 2. The molecular weight excluding hydrogens is 292 g/mol. The minimum atomic E-state index is -0.569. The summed E-state index contributed by atoms with van der Waals surface area (Å²) < 4.78 is 5.06. The third-order valence-corrected chi connectivity index (χ3v) is 3.25. The number of carbonyl (C=O) groups excluding carboxylic acids is 2. The number of hydrogen-bond donors (Lipinski definition) is 2. The quantitative estimate of drug-likeness (QED) is 0.861. The second-order valence-electron chi connectivity index (χ2n) is 5.08. The summed E-state index contributed by atoms with van der Waals surface area (Å²) in [5.74, 6) is 0.341. The second-order valence-corrected chi connectivity index (χ2v) is 5.08. The summed E-state index contributed by atoms with van der Waals surface area (Å²) in [6.45, 7) is 2.14. The van der Waals surface area contributed by atoms with Gasteiger partial charge in [0.1, 0.15) is 5.75 Å². The van der Waals surface area contributed by atoms with E-state index in [1.165, 1.54) is 0 Å². The number of rotatable bonds is 6. The Morgan fingerprint density at radius 2 is 1.61 bits per heavy atom. The molecule has 5 nitrogen and oxygen atoms in total. The van der Waals surface area contributed by atoms with Crippen LogP contribution in [-0.4, -0.2) is 18.5 Å². The molecule has 2 rings (SSSR count). The number of ether oxygens (including phenoxy) is 1. The van der Waals surface area contributed by atoms with E-state index in [1.807, 2.05) is 43.3 Å². The molecule has 2 N–H and O–H groups in total. The minimum absolute atomic E-state index is 0.0695. The first-order valence-corrected chi connectivity index (χ1v) is 7.50. The monoisotopic (exact) mass is 312 g/mol. The molecule has 0 saturated heterocycles. The average Bonchev–Trinajstić information content (AvgIpc) is 2.56. The highest BCUT2D eigenvalue weighted by atomic mass is 16.6. The zero-order valence-electron chi connectivity index (χ0n) is 13.0. The van der Waals surface area contributed by atoms with Crippen LogP contribution < -0.4 is 15.4 Å². The normalized spacial score (nSPS) is 11.3. The molecule has 0 unspecified atom stereocenters. The molecule has 0 bridgehead atoms. The van der Waals surface area contributed by atoms with Crippen LogP contribution in [0.15, 0.2) is 60.7 Å². The predicted molar refractivity (Wildman–Crippen MR) is 88.1 cm³/mol. The van der Waals surface area contributed by atoms with Crippen molar-refractivity contribution in [1.82, 2.24) is 10.6 Å². The van der Waals surface area contributed by atoms with Crippen LogP contribution in [0, 0.1) is 0 Å². The van der Waals surface area contributed by atoms with E-state index >= 15 is 0 Å². The predicted octanol–water partition coefficient (Wildman–Crippen LogP) is 3.04. The Morgan fingerprint density at radius 1 is 1.00 bits per heavy atom.